The maximum atomic E-state index is 3.69. The Morgan fingerprint density at radius 3 is 2.78 bits per heavy atom. The van der Waals surface area contributed by atoms with Crippen LogP contribution >= 0.6 is 0 Å². The van der Waals surface area contributed by atoms with E-state index in [2.05, 4.69) is 31.0 Å². The Hall–Kier alpha value is -0.0800. The number of nitrogens with zero attached hydrogens (tertiary/aromatic N) is 1. The van der Waals surface area contributed by atoms with Gasteiger partial charge in [-0.25, -0.2) is 0 Å². The summed E-state index contributed by atoms with van der Waals surface area (Å²) in [5.74, 6) is 0. The summed E-state index contributed by atoms with van der Waals surface area (Å²) in [4.78, 5) is 2.70. The van der Waals surface area contributed by atoms with Crippen LogP contribution in [0.4, 0.5) is 0 Å². The number of unbranched alkanes of at least 4 members (excludes halogenated alkanes) is 2. The third-order valence-electron chi connectivity index (χ3n) is 4.35. The van der Waals surface area contributed by atoms with Gasteiger partial charge in [-0.2, -0.15) is 0 Å². The first-order valence-electron chi connectivity index (χ1n) is 8.25. The normalized spacial score (nSPS) is 23.2. The summed E-state index contributed by atoms with van der Waals surface area (Å²) in [7, 11) is 0. The van der Waals surface area contributed by atoms with Crippen LogP contribution in [0.1, 0.15) is 72.1 Å². The van der Waals surface area contributed by atoms with Crippen LogP contribution < -0.4 is 5.32 Å². The van der Waals surface area contributed by atoms with Crippen molar-refractivity contribution < 1.29 is 0 Å². The summed E-state index contributed by atoms with van der Waals surface area (Å²) in [6.45, 7) is 10.7. The highest BCUT2D eigenvalue weighted by Gasteiger charge is 2.19. The molecule has 1 saturated heterocycles. The molecule has 0 spiro atoms. The molecule has 0 aromatic heterocycles. The van der Waals surface area contributed by atoms with Gasteiger partial charge >= 0.3 is 0 Å². The Morgan fingerprint density at radius 2 is 2.06 bits per heavy atom. The molecule has 0 aromatic rings. The average molecular weight is 254 g/mol. The van der Waals surface area contributed by atoms with Crippen molar-refractivity contribution in [2.45, 2.75) is 84.2 Å². The van der Waals surface area contributed by atoms with Gasteiger partial charge in [0.2, 0.25) is 0 Å². The Labute approximate surface area is 115 Å². The molecule has 1 aliphatic heterocycles. The zero-order chi connectivity index (χ0) is 13.2. The van der Waals surface area contributed by atoms with E-state index >= 15 is 0 Å². The summed E-state index contributed by atoms with van der Waals surface area (Å²) in [6.07, 6.45) is 11.0. The average Bonchev–Trinajstić information content (AvgIpc) is 2.39. The number of likely N-dealkylation sites (tertiary alicyclic amines) is 1. The lowest BCUT2D eigenvalue weighted by atomic mass is 10.0. The van der Waals surface area contributed by atoms with Crippen molar-refractivity contribution in [2.24, 2.45) is 0 Å². The summed E-state index contributed by atoms with van der Waals surface area (Å²) in [6, 6.07) is 1.55. The van der Waals surface area contributed by atoms with Crippen molar-refractivity contribution >= 4 is 0 Å². The SMILES string of the molecule is CCCCCC(C)NCCN1CCCCC1CC. The van der Waals surface area contributed by atoms with Gasteiger partial charge in [-0.3, -0.25) is 4.90 Å². The van der Waals surface area contributed by atoms with Crippen molar-refractivity contribution in [1.29, 1.82) is 0 Å². The molecule has 1 fully saturated rings. The summed E-state index contributed by atoms with van der Waals surface area (Å²) >= 11 is 0. The summed E-state index contributed by atoms with van der Waals surface area (Å²) in [5.41, 5.74) is 0. The highest BCUT2D eigenvalue weighted by molar-refractivity contribution is 4.76. The molecule has 18 heavy (non-hydrogen) atoms. The Balaban J connectivity index is 2.08. The van der Waals surface area contributed by atoms with Crippen LogP contribution in [0.5, 0.6) is 0 Å². The predicted molar refractivity (Wildman–Crippen MR) is 81.1 cm³/mol. The van der Waals surface area contributed by atoms with Gasteiger partial charge in [0, 0.05) is 25.2 Å². The summed E-state index contributed by atoms with van der Waals surface area (Å²) in [5, 5.41) is 3.69. The van der Waals surface area contributed by atoms with Gasteiger partial charge in [0.05, 0.1) is 0 Å². The number of hydrogen-bond donors (Lipinski definition) is 1. The molecule has 2 atom stereocenters. The molecular formula is C16H34N2. The number of rotatable bonds is 9. The zero-order valence-corrected chi connectivity index (χ0v) is 12.9. The molecule has 0 aromatic carbocycles. The van der Waals surface area contributed by atoms with Crippen LogP contribution in [0.25, 0.3) is 0 Å². The standard InChI is InChI=1S/C16H34N2/c1-4-6-7-10-15(3)17-12-14-18-13-9-8-11-16(18)5-2/h15-17H,4-14H2,1-3H3. The molecular weight excluding hydrogens is 220 g/mol. The van der Waals surface area contributed by atoms with Crippen LogP contribution in [-0.4, -0.2) is 36.6 Å². The number of nitrogens with one attached hydrogen (secondary N) is 1. The van der Waals surface area contributed by atoms with E-state index in [-0.39, 0.29) is 0 Å². The second-order valence-corrected chi connectivity index (χ2v) is 5.94. The molecule has 0 saturated carbocycles. The zero-order valence-electron chi connectivity index (χ0n) is 12.9. The molecule has 2 unspecified atom stereocenters. The van der Waals surface area contributed by atoms with Crippen LogP contribution in [0.2, 0.25) is 0 Å². The first kappa shape index (κ1) is 16.0. The van der Waals surface area contributed by atoms with Gasteiger partial charge in [-0.1, -0.05) is 39.5 Å². The first-order valence-corrected chi connectivity index (χ1v) is 8.25. The van der Waals surface area contributed by atoms with E-state index in [9.17, 15) is 0 Å². The molecule has 108 valence electrons. The third-order valence-corrected chi connectivity index (χ3v) is 4.35. The minimum atomic E-state index is 0.696. The Morgan fingerprint density at radius 1 is 1.22 bits per heavy atom. The van der Waals surface area contributed by atoms with Crippen molar-refractivity contribution in [3.8, 4) is 0 Å². The fraction of sp³-hybridized carbons (Fsp3) is 1.00. The third kappa shape index (κ3) is 6.19. The van der Waals surface area contributed by atoms with Gasteiger partial charge in [0.1, 0.15) is 0 Å². The smallest absolute Gasteiger partial charge is 0.0110 e. The Kier molecular flexibility index (Phi) is 8.70. The van der Waals surface area contributed by atoms with E-state index in [0.29, 0.717) is 6.04 Å². The first-order chi connectivity index (χ1) is 8.77. The molecule has 1 heterocycles. The second-order valence-electron chi connectivity index (χ2n) is 5.94. The fourth-order valence-electron chi connectivity index (χ4n) is 3.07. The maximum absolute atomic E-state index is 3.69. The maximum Gasteiger partial charge on any atom is 0.0110 e. The largest absolute Gasteiger partial charge is 0.313 e. The van der Waals surface area contributed by atoms with E-state index in [4.69, 9.17) is 0 Å². The second kappa shape index (κ2) is 9.80. The van der Waals surface area contributed by atoms with Gasteiger partial charge in [0.25, 0.3) is 0 Å². The van der Waals surface area contributed by atoms with E-state index in [1.807, 2.05) is 0 Å². The van der Waals surface area contributed by atoms with Crippen LogP contribution in [0.15, 0.2) is 0 Å². The van der Waals surface area contributed by atoms with E-state index in [0.717, 1.165) is 6.04 Å². The lowest BCUT2D eigenvalue weighted by molar-refractivity contribution is 0.143. The molecule has 2 nitrogen and oxygen atoms in total. The van der Waals surface area contributed by atoms with E-state index in [1.165, 1.54) is 71.0 Å². The topological polar surface area (TPSA) is 15.3 Å². The highest BCUT2D eigenvalue weighted by atomic mass is 15.2. The van der Waals surface area contributed by atoms with E-state index in [1.54, 1.807) is 0 Å². The number of hydrogen-bond acceptors (Lipinski definition) is 2. The van der Waals surface area contributed by atoms with Gasteiger partial charge < -0.3 is 5.32 Å². The van der Waals surface area contributed by atoms with Crippen molar-refractivity contribution in [2.75, 3.05) is 19.6 Å². The van der Waals surface area contributed by atoms with Gasteiger partial charge in [0.15, 0.2) is 0 Å². The molecule has 0 radical (unpaired) electrons. The van der Waals surface area contributed by atoms with E-state index < -0.39 is 0 Å². The van der Waals surface area contributed by atoms with Crippen LogP contribution in [0.3, 0.4) is 0 Å². The van der Waals surface area contributed by atoms with Crippen molar-refractivity contribution in [1.82, 2.24) is 10.2 Å². The monoisotopic (exact) mass is 254 g/mol. The molecule has 1 rings (SSSR count). The quantitative estimate of drug-likeness (QED) is 0.629. The van der Waals surface area contributed by atoms with Crippen LogP contribution in [0, 0.1) is 0 Å². The number of piperidine rings is 1. The molecule has 1 aliphatic rings. The Bertz CT molecular complexity index is 194. The fourth-order valence-corrected chi connectivity index (χ4v) is 3.07. The molecule has 0 amide bonds. The van der Waals surface area contributed by atoms with Crippen molar-refractivity contribution in [3.63, 3.8) is 0 Å². The van der Waals surface area contributed by atoms with Gasteiger partial charge in [-0.05, 0) is 39.2 Å². The molecule has 1 N–H and O–H groups in total. The lowest BCUT2D eigenvalue weighted by Crippen LogP contribution is -2.43. The summed E-state index contributed by atoms with van der Waals surface area (Å²) < 4.78 is 0. The lowest BCUT2D eigenvalue weighted by Gasteiger charge is -2.35. The molecule has 0 bridgehead atoms. The molecule has 2 heteroatoms. The minimum absolute atomic E-state index is 0.696. The minimum Gasteiger partial charge on any atom is -0.313 e. The highest BCUT2D eigenvalue weighted by Crippen LogP contribution is 2.18. The van der Waals surface area contributed by atoms with Gasteiger partial charge in [-0.15, -0.1) is 0 Å². The predicted octanol–water partition coefficient (Wildman–Crippen LogP) is 3.81. The van der Waals surface area contributed by atoms with Crippen molar-refractivity contribution in [3.05, 3.63) is 0 Å². The van der Waals surface area contributed by atoms with Crippen LogP contribution in [-0.2, 0) is 0 Å². The molecule has 0 aliphatic carbocycles.